The Hall–Kier alpha value is -2.41. The van der Waals surface area contributed by atoms with Gasteiger partial charge in [0.1, 0.15) is 0 Å². The predicted molar refractivity (Wildman–Crippen MR) is 98.7 cm³/mol. The van der Waals surface area contributed by atoms with Crippen molar-refractivity contribution in [3.05, 3.63) is 41.7 Å². The maximum atomic E-state index is 12.1. The smallest absolute Gasteiger partial charge is 0.234 e. The summed E-state index contributed by atoms with van der Waals surface area (Å²) < 4.78 is 0. The van der Waals surface area contributed by atoms with E-state index in [1.807, 2.05) is 26.0 Å². The summed E-state index contributed by atoms with van der Waals surface area (Å²) in [6.45, 7) is 3.81. The molecule has 2 aromatic rings. The van der Waals surface area contributed by atoms with Crippen LogP contribution in [0.5, 0.6) is 0 Å². The minimum Gasteiger partial charge on any atom is -0.326 e. The maximum absolute atomic E-state index is 12.1. The van der Waals surface area contributed by atoms with E-state index in [1.54, 1.807) is 18.2 Å². The van der Waals surface area contributed by atoms with Gasteiger partial charge in [-0.25, -0.2) is 9.97 Å². The third kappa shape index (κ3) is 5.29. The molecule has 0 unspecified atom stereocenters. The molecule has 2 amide bonds. The number of nitrogens with zero attached hydrogens (tertiary/aromatic N) is 2. The van der Waals surface area contributed by atoms with Crippen LogP contribution in [0.15, 0.2) is 35.5 Å². The molecule has 1 aromatic carbocycles. The Balaban J connectivity index is 1.54. The largest absolute Gasteiger partial charge is 0.326 e. The molecule has 25 heavy (non-hydrogen) atoms. The van der Waals surface area contributed by atoms with Crippen molar-refractivity contribution in [3.63, 3.8) is 0 Å². The predicted octanol–water partition coefficient (Wildman–Crippen LogP) is 3.17. The summed E-state index contributed by atoms with van der Waals surface area (Å²) in [7, 11) is 0. The van der Waals surface area contributed by atoms with Gasteiger partial charge in [-0.1, -0.05) is 17.8 Å². The van der Waals surface area contributed by atoms with E-state index in [9.17, 15) is 9.59 Å². The van der Waals surface area contributed by atoms with Gasteiger partial charge in [-0.15, -0.1) is 0 Å². The zero-order chi connectivity index (χ0) is 17.8. The van der Waals surface area contributed by atoms with Crippen LogP contribution in [-0.2, 0) is 9.59 Å². The lowest BCUT2D eigenvalue weighted by molar-refractivity contribution is -0.117. The van der Waals surface area contributed by atoms with Gasteiger partial charge in [0.15, 0.2) is 5.16 Å². The van der Waals surface area contributed by atoms with Gasteiger partial charge in [-0.05, 0) is 51.0 Å². The lowest BCUT2D eigenvalue weighted by atomic mass is 10.2. The molecule has 1 aromatic heterocycles. The van der Waals surface area contributed by atoms with Crippen molar-refractivity contribution >= 4 is 35.0 Å². The van der Waals surface area contributed by atoms with Crippen LogP contribution in [0.1, 0.15) is 24.2 Å². The summed E-state index contributed by atoms with van der Waals surface area (Å²) in [5.41, 5.74) is 3.12. The number of carbonyl (C=O) groups is 2. The summed E-state index contributed by atoms with van der Waals surface area (Å²) in [6, 6.07) is 9.07. The van der Waals surface area contributed by atoms with Gasteiger partial charge in [0.05, 0.1) is 5.75 Å². The molecule has 1 aliphatic carbocycles. The van der Waals surface area contributed by atoms with Gasteiger partial charge < -0.3 is 10.6 Å². The van der Waals surface area contributed by atoms with Crippen LogP contribution in [0.3, 0.4) is 0 Å². The third-order valence-electron chi connectivity index (χ3n) is 3.66. The Morgan fingerprint density at radius 2 is 1.72 bits per heavy atom. The van der Waals surface area contributed by atoms with Crippen molar-refractivity contribution in [2.24, 2.45) is 5.92 Å². The van der Waals surface area contributed by atoms with Crippen molar-refractivity contribution in [2.45, 2.75) is 31.8 Å². The van der Waals surface area contributed by atoms with Crippen molar-refractivity contribution in [1.29, 1.82) is 0 Å². The quantitative estimate of drug-likeness (QED) is 0.613. The van der Waals surface area contributed by atoms with Gasteiger partial charge in [-0.3, -0.25) is 9.59 Å². The third-order valence-corrected chi connectivity index (χ3v) is 4.50. The molecule has 3 rings (SSSR count). The zero-order valence-corrected chi connectivity index (χ0v) is 15.0. The number of rotatable bonds is 6. The molecule has 0 spiro atoms. The number of amides is 2. The van der Waals surface area contributed by atoms with Gasteiger partial charge in [-0.2, -0.15) is 0 Å². The van der Waals surface area contributed by atoms with E-state index in [4.69, 9.17) is 0 Å². The van der Waals surface area contributed by atoms with Gasteiger partial charge in [0, 0.05) is 28.7 Å². The number of thioether (sulfide) groups is 1. The Morgan fingerprint density at radius 1 is 1.08 bits per heavy atom. The molecule has 7 heteroatoms. The SMILES string of the molecule is Cc1cc(C)nc(SCC(=O)Nc2cccc(NC(=O)C3CC3)c2)n1. The number of hydrogen-bond donors (Lipinski definition) is 2. The molecule has 0 atom stereocenters. The molecule has 130 valence electrons. The first-order chi connectivity index (χ1) is 12.0. The second kappa shape index (κ2) is 7.65. The summed E-state index contributed by atoms with van der Waals surface area (Å²) in [6.07, 6.45) is 1.92. The standard InChI is InChI=1S/C18H20N4O2S/c1-11-8-12(2)20-18(19-11)25-10-16(23)21-14-4-3-5-15(9-14)22-17(24)13-6-7-13/h3-5,8-9,13H,6-7,10H2,1-2H3,(H,21,23)(H,22,24). The van der Waals surface area contributed by atoms with Crippen LogP contribution in [0.4, 0.5) is 11.4 Å². The molecule has 1 saturated carbocycles. The van der Waals surface area contributed by atoms with Crippen LogP contribution < -0.4 is 10.6 Å². The Morgan fingerprint density at radius 3 is 2.36 bits per heavy atom. The monoisotopic (exact) mass is 356 g/mol. The minimum atomic E-state index is -0.140. The zero-order valence-electron chi connectivity index (χ0n) is 14.2. The number of aryl methyl sites for hydroxylation is 2. The highest BCUT2D eigenvalue weighted by Gasteiger charge is 2.29. The second-order valence-corrected chi connectivity index (χ2v) is 7.06. The number of anilines is 2. The van der Waals surface area contributed by atoms with Crippen molar-refractivity contribution in [1.82, 2.24) is 9.97 Å². The maximum Gasteiger partial charge on any atom is 0.234 e. The van der Waals surface area contributed by atoms with Gasteiger partial charge >= 0.3 is 0 Å². The van der Waals surface area contributed by atoms with Gasteiger partial charge in [0.2, 0.25) is 11.8 Å². The van der Waals surface area contributed by atoms with Gasteiger partial charge in [0.25, 0.3) is 0 Å². The number of hydrogen-bond acceptors (Lipinski definition) is 5. The number of aromatic nitrogens is 2. The molecular weight excluding hydrogens is 336 g/mol. The fourth-order valence-corrected chi connectivity index (χ4v) is 3.10. The van der Waals surface area contributed by atoms with Crippen molar-refractivity contribution in [2.75, 3.05) is 16.4 Å². The molecule has 0 bridgehead atoms. The first kappa shape index (κ1) is 17.4. The second-order valence-electron chi connectivity index (χ2n) is 6.11. The van der Waals surface area contributed by atoms with E-state index in [-0.39, 0.29) is 23.5 Å². The van der Waals surface area contributed by atoms with Crippen LogP contribution >= 0.6 is 11.8 Å². The van der Waals surface area contributed by atoms with Crippen LogP contribution in [0.2, 0.25) is 0 Å². The molecule has 0 aliphatic heterocycles. The summed E-state index contributed by atoms with van der Waals surface area (Å²) in [5.74, 6) is 0.276. The van der Waals surface area contributed by atoms with Crippen LogP contribution in [0.25, 0.3) is 0 Å². The van der Waals surface area contributed by atoms with E-state index >= 15 is 0 Å². The minimum absolute atomic E-state index is 0.0472. The topological polar surface area (TPSA) is 84.0 Å². The summed E-state index contributed by atoms with van der Waals surface area (Å²) in [4.78, 5) is 32.6. The number of benzene rings is 1. The normalized spacial score (nSPS) is 13.4. The average molecular weight is 356 g/mol. The molecule has 6 nitrogen and oxygen atoms in total. The molecule has 1 heterocycles. The van der Waals surface area contributed by atoms with E-state index < -0.39 is 0 Å². The fourth-order valence-electron chi connectivity index (χ4n) is 2.35. The lowest BCUT2D eigenvalue weighted by Crippen LogP contribution is -2.16. The Bertz CT molecular complexity index is 785. The highest BCUT2D eigenvalue weighted by molar-refractivity contribution is 7.99. The fraction of sp³-hybridized carbons (Fsp3) is 0.333. The van der Waals surface area contributed by atoms with Crippen molar-refractivity contribution < 1.29 is 9.59 Å². The highest BCUT2D eigenvalue weighted by atomic mass is 32.2. The molecular formula is C18H20N4O2S. The molecule has 0 radical (unpaired) electrons. The first-order valence-electron chi connectivity index (χ1n) is 8.15. The molecule has 2 N–H and O–H groups in total. The van der Waals surface area contributed by atoms with Crippen LogP contribution in [0, 0.1) is 19.8 Å². The van der Waals surface area contributed by atoms with E-state index in [1.165, 1.54) is 11.8 Å². The summed E-state index contributed by atoms with van der Waals surface area (Å²) >= 11 is 1.30. The first-order valence-corrected chi connectivity index (χ1v) is 9.14. The Labute approximate surface area is 150 Å². The number of carbonyl (C=O) groups excluding carboxylic acids is 2. The average Bonchev–Trinajstić information content (AvgIpc) is 3.37. The van der Waals surface area contributed by atoms with E-state index in [0.717, 1.165) is 24.2 Å². The Kier molecular flexibility index (Phi) is 5.33. The molecule has 1 fully saturated rings. The molecule has 0 saturated heterocycles. The molecule has 1 aliphatic rings. The van der Waals surface area contributed by atoms with E-state index in [0.29, 0.717) is 16.5 Å². The summed E-state index contributed by atoms with van der Waals surface area (Å²) in [5, 5.41) is 6.30. The number of nitrogens with one attached hydrogen (secondary N) is 2. The van der Waals surface area contributed by atoms with E-state index in [2.05, 4.69) is 20.6 Å². The lowest BCUT2D eigenvalue weighted by Gasteiger charge is -2.08. The van der Waals surface area contributed by atoms with Crippen LogP contribution in [-0.4, -0.2) is 27.5 Å². The highest BCUT2D eigenvalue weighted by Crippen LogP contribution is 2.30. The van der Waals surface area contributed by atoms with Crippen molar-refractivity contribution in [3.8, 4) is 0 Å².